The molecule has 0 saturated heterocycles. The summed E-state index contributed by atoms with van der Waals surface area (Å²) < 4.78 is 2.03. The maximum absolute atomic E-state index is 11.1. The van der Waals surface area contributed by atoms with E-state index in [1.54, 1.807) is 6.07 Å². The summed E-state index contributed by atoms with van der Waals surface area (Å²) in [6.07, 6.45) is 3.97. The van der Waals surface area contributed by atoms with Gasteiger partial charge in [-0.05, 0) is 30.3 Å². The Morgan fingerprint density at radius 2 is 1.85 bits per heavy atom. The lowest BCUT2D eigenvalue weighted by molar-refractivity contribution is -0.384. The average molecular weight is 382 g/mol. The first-order valence-electron chi connectivity index (χ1n) is 7.75. The Bertz CT molecular complexity index is 1090. The number of hydrogen-bond donors (Lipinski definition) is 0. The summed E-state index contributed by atoms with van der Waals surface area (Å²) in [6, 6.07) is 16.7. The first-order valence-corrected chi connectivity index (χ1v) is 9.01. The smallest absolute Gasteiger partial charge is 0.288 e. The van der Waals surface area contributed by atoms with E-state index < -0.39 is 4.92 Å². The summed E-state index contributed by atoms with van der Waals surface area (Å²) in [4.78, 5) is 15.2. The molecule has 0 fully saturated rings. The van der Waals surface area contributed by atoms with E-state index in [0.717, 1.165) is 16.3 Å². The number of nitrogens with zero attached hydrogens (tertiary/aromatic N) is 3. The lowest BCUT2D eigenvalue weighted by Crippen LogP contribution is -1.90. The van der Waals surface area contributed by atoms with E-state index in [2.05, 4.69) is 11.1 Å². The number of benzene rings is 2. The van der Waals surface area contributed by atoms with Crippen LogP contribution in [0.2, 0.25) is 5.02 Å². The van der Waals surface area contributed by atoms with E-state index in [-0.39, 0.29) is 10.7 Å². The predicted molar refractivity (Wildman–Crippen MR) is 104 cm³/mol. The van der Waals surface area contributed by atoms with Crippen LogP contribution >= 0.6 is 22.9 Å². The minimum absolute atomic E-state index is 0.117. The molecule has 5 nitrogen and oxygen atoms in total. The molecule has 4 aromatic rings. The van der Waals surface area contributed by atoms with Crippen molar-refractivity contribution in [2.75, 3.05) is 0 Å². The topological polar surface area (TPSA) is 61.0 Å². The van der Waals surface area contributed by atoms with Crippen LogP contribution in [0.5, 0.6) is 0 Å². The van der Waals surface area contributed by atoms with Crippen LogP contribution < -0.4 is 0 Å². The summed E-state index contributed by atoms with van der Waals surface area (Å²) in [5, 5.41) is 13.9. The second-order valence-corrected chi connectivity index (χ2v) is 6.87. The fourth-order valence-corrected chi connectivity index (χ4v) is 3.67. The van der Waals surface area contributed by atoms with Crippen molar-refractivity contribution in [3.63, 3.8) is 0 Å². The SMILES string of the molecule is O=[N+]([O-])c1cc(-c2csc(-c3cccc(-n4cccc4)c3)n2)ccc1Cl. The molecule has 4 rings (SSSR count). The fourth-order valence-electron chi connectivity index (χ4n) is 2.66. The standard InChI is InChI=1S/C19H12ClN3O2S/c20-16-7-6-13(11-18(16)23(24)25)17-12-26-19(21-17)14-4-3-5-15(10-14)22-8-1-2-9-22/h1-12H. The Balaban J connectivity index is 1.70. The predicted octanol–water partition coefficient (Wildman–Crippen LogP) is 5.83. The molecule has 2 aromatic heterocycles. The van der Waals surface area contributed by atoms with Crippen molar-refractivity contribution in [1.29, 1.82) is 0 Å². The van der Waals surface area contributed by atoms with E-state index >= 15 is 0 Å². The van der Waals surface area contributed by atoms with Gasteiger partial charge >= 0.3 is 0 Å². The lowest BCUT2D eigenvalue weighted by atomic mass is 10.1. The number of nitro groups is 1. The fraction of sp³-hybridized carbons (Fsp3) is 0. The van der Waals surface area contributed by atoms with Crippen LogP contribution in [-0.4, -0.2) is 14.5 Å². The normalized spacial score (nSPS) is 10.8. The van der Waals surface area contributed by atoms with Crippen molar-refractivity contribution in [3.8, 4) is 27.5 Å². The maximum Gasteiger partial charge on any atom is 0.288 e. The number of rotatable bonds is 4. The molecular weight excluding hydrogens is 370 g/mol. The van der Waals surface area contributed by atoms with Gasteiger partial charge in [0.05, 0.1) is 10.6 Å². The molecule has 0 spiro atoms. The van der Waals surface area contributed by atoms with E-state index in [1.807, 2.05) is 52.7 Å². The van der Waals surface area contributed by atoms with E-state index in [9.17, 15) is 10.1 Å². The van der Waals surface area contributed by atoms with Crippen LogP contribution in [0.3, 0.4) is 0 Å². The third-order valence-corrected chi connectivity index (χ3v) is 5.15. The van der Waals surface area contributed by atoms with Gasteiger partial charge in [0.25, 0.3) is 5.69 Å². The minimum atomic E-state index is -0.486. The number of aromatic nitrogens is 2. The Morgan fingerprint density at radius 3 is 2.62 bits per heavy atom. The molecule has 0 unspecified atom stereocenters. The van der Waals surface area contributed by atoms with Crippen LogP contribution in [0.25, 0.3) is 27.5 Å². The highest BCUT2D eigenvalue weighted by atomic mass is 35.5. The quantitative estimate of drug-likeness (QED) is 0.330. The summed E-state index contributed by atoms with van der Waals surface area (Å²) in [7, 11) is 0. The first-order chi connectivity index (χ1) is 12.6. The van der Waals surface area contributed by atoms with Gasteiger partial charge in [-0.3, -0.25) is 10.1 Å². The van der Waals surface area contributed by atoms with Gasteiger partial charge in [-0.15, -0.1) is 11.3 Å². The van der Waals surface area contributed by atoms with Gasteiger partial charge in [0.15, 0.2) is 0 Å². The molecular formula is C19H12ClN3O2S. The Labute approximate surface area is 158 Å². The Kier molecular flexibility index (Phi) is 4.28. The van der Waals surface area contributed by atoms with Gasteiger partial charge in [-0.1, -0.05) is 29.8 Å². The molecule has 0 saturated carbocycles. The highest BCUT2D eigenvalue weighted by Crippen LogP contribution is 2.33. The molecule has 0 N–H and O–H groups in total. The minimum Gasteiger partial charge on any atom is -0.324 e. The highest BCUT2D eigenvalue weighted by molar-refractivity contribution is 7.13. The van der Waals surface area contributed by atoms with Crippen molar-refractivity contribution in [3.05, 3.63) is 87.5 Å². The van der Waals surface area contributed by atoms with Crippen LogP contribution in [0.1, 0.15) is 0 Å². The summed E-state index contributed by atoms with van der Waals surface area (Å²) in [6.45, 7) is 0. The number of nitro benzene ring substituents is 1. The molecule has 128 valence electrons. The molecule has 2 aromatic carbocycles. The molecule has 0 aliphatic rings. The maximum atomic E-state index is 11.1. The van der Waals surface area contributed by atoms with E-state index in [1.165, 1.54) is 23.5 Å². The van der Waals surface area contributed by atoms with E-state index in [0.29, 0.717) is 11.3 Å². The van der Waals surface area contributed by atoms with Crippen LogP contribution in [0.4, 0.5) is 5.69 Å². The number of halogens is 1. The van der Waals surface area contributed by atoms with Crippen molar-refractivity contribution < 1.29 is 4.92 Å². The zero-order valence-corrected chi connectivity index (χ0v) is 14.9. The molecule has 2 heterocycles. The summed E-state index contributed by atoms with van der Waals surface area (Å²) in [5.41, 5.74) is 3.29. The largest absolute Gasteiger partial charge is 0.324 e. The van der Waals surface area contributed by atoms with Gasteiger partial charge in [0, 0.05) is 40.7 Å². The molecule has 0 amide bonds. The molecule has 26 heavy (non-hydrogen) atoms. The molecule has 0 atom stereocenters. The van der Waals surface area contributed by atoms with Gasteiger partial charge in [0.2, 0.25) is 0 Å². The number of hydrogen-bond acceptors (Lipinski definition) is 4. The van der Waals surface area contributed by atoms with Crippen LogP contribution in [-0.2, 0) is 0 Å². The molecule has 7 heteroatoms. The zero-order valence-electron chi connectivity index (χ0n) is 13.4. The van der Waals surface area contributed by atoms with Gasteiger partial charge < -0.3 is 4.57 Å². The van der Waals surface area contributed by atoms with Gasteiger partial charge in [-0.25, -0.2) is 4.98 Å². The van der Waals surface area contributed by atoms with Crippen molar-refractivity contribution in [2.24, 2.45) is 0 Å². The molecule has 0 aliphatic heterocycles. The first kappa shape index (κ1) is 16.5. The molecule has 0 radical (unpaired) electrons. The Morgan fingerprint density at radius 1 is 1.04 bits per heavy atom. The van der Waals surface area contributed by atoms with Gasteiger partial charge in [0.1, 0.15) is 10.0 Å². The second-order valence-electron chi connectivity index (χ2n) is 5.60. The monoisotopic (exact) mass is 381 g/mol. The van der Waals surface area contributed by atoms with Crippen LogP contribution in [0.15, 0.2) is 72.4 Å². The van der Waals surface area contributed by atoms with Crippen LogP contribution in [0, 0.1) is 10.1 Å². The average Bonchev–Trinajstić information content (AvgIpc) is 3.34. The van der Waals surface area contributed by atoms with Gasteiger partial charge in [-0.2, -0.15) is 0 Å². The third kappa shape index (κ3) is 3.12. The van der Waals surface area contributed by atoms with Crippen molar-refractivity contribution >= 4 is 28.6 Å². The highest BCUT2D eigenvalue weighted by Gasteiger charge is 2.15. The second kappa shape index (κ2) is 6.74. The lowest BCUT2D eigenvalue weighted by Gasteiger charge is -2.04. The summed E-state index contributed by atoms with van der Waals surface area (Å²) in [5.74, 6) is 0. The molecule has 0 bridgehead atoms. The number of thiazole rings is 1. The summed E-state index contributed by atoms with van der Waals surface area (Å²) >= 11 is 7.38. The van der Waals surface area contributed by atoms with Crippen molar-refractivity contribution in [2.45, 2.75) is 0 Å². The van der Waals surface area contributed by atoms with E-state index in [4.69, 9.17) is 11.6 Å². The molecule has 0 aliphatic carbocycles. The third-order valence-electron chi connectivity index (χ3n) is 3.94. The zero-order chi connectivity index (χ0) is 18.1. The van der Waals surface area contributed by atoms with Crippen molar-refractivity contribution in [1.82, 2.24) is 9.55 Å². The Hall–Kier alpha value is -2.96.